The molecule has 2 atom stereocenters. The summed E-state index contributed by atoms with van der Waals surface area (Å²) in [4.78, 5) is 13.9. The van der Waals surface area contributed by atoms with Gasteiger partial charge < -0.3 is 18.9 Å². The number of carbonyl (C=O) groups is 1. The van der Waals surface area contributed by atoms with Crippen molar-refractivity contribution in [1.29, 1.82) is 0 Å². The minimum atomic E-state index is -0.273. The van der Waals surface area contributed by atoms with Gasteiger partial charge in [-0.2, -0.15) is 5.10 Å². The van der Waals surface area contributed by atoms with Gasteiger partial charge in [0.05, 0.1) is 40.2 Å². The first kappa shape index (κ1) is 26.8. The molecule has 1 saturated carbocycles. The van der Waals surface area contributed by atoms with Crippen molar-refractivity contribution in [3.8, 4) is 23.0 Å². The maximum Gasteiger partial charge on any atom is 0.274 e. The van der Waals surface area contributed by atoms with Gasteiger partial charge in [0, 0.05) is 16.0 Å². The van der Waals surface area contributed by atoms with Crippen LogP contribution in [-0.2, 0) is 0 Å². The molecule has 0 saturated heterocycles. The molecular formula is C31H31BrN2O5. The second-order valence-electron chi connectivity index (χ2n) is 9.48. The maximum atomic E-state index is 13.9. The van der Waals surface area contributed by atoms with Crippen LogP contribution >= 0.6 is 15.9 Å². The summed E-state index contributed by atoms with van der Waals surface area (Å²) in [6.45, 7) is 0. The highest BCUT2D eigenvalue weighted by Crippen LogP contribution is 2.46. The van der Waals surface area contributed by atoms with Crippen LogP contribution in [0.3, 0.4) is 0 Å². The number of hydrogen-bond donors (Lipinski definition) is 0. The van der Waals surface area contributed by atoms with E-state index in [4.69, 9.17) is 24.0 Å². The Hall–Kier alpha value is -3.78. The van der Waals surface area contributed by atoms with Gasteiger partial charge in [-0.05, 0) is 90.6 Å². The molecule has 202 valence electrons. The summed E-state index contributed by atoms with van der Waals surface area (Å²) in [6.07, 6.45) is 4.94. The standard InChI is InChI=1S/C31H31BrN2O5/c1-36-25-14-8-19(17-27(25)38-3)16-21-6-5-7-24-29(21)33-34(31(35)20-9-12-23(32)13-10-20)30(24)22-11-15-26(37-2)28(18-22)39-4/h8-18,24,30H,5-7H2,1-4H3/b21-16+/t24-,30+/m0/s1. The van der Waals surface area contributed by atoms with Gasteiger partial charge in [0.25, 0.3) is 5.91 Å². The zero-order valence-corrected chi connectivity index (χ0v) is 24.0. The summed E-state index contributed by atoms with van der Waals surface area (Å²) in [5.41, 5.74) is 4.59. The number of rotatable bonds is 7. The Morgan fingerprint density at radius 1 is 0.872 bits per heavy atom. The number of benzene rings is 3. The average Bonchev–Trinajstić information content (AvgIpc) is 3.37. The van der Waals surface area contributed by atoms with Gasteiger partial charge in [-0.25, -0.2) is 5.01 Å². The van der Waals surface area contributed by atoms with Gasteiger partial charge in [-0.3, -0.25) is 4.79 Å². The van der Waals surface area contributed by atoms with Crippen molar-refractivity contribution in [2.75, 3.05) is 28.4 Å². The van der Waals surface area contributed by atoms with E-state index in [0.29, 0.717) is 28.6 Å². The van der Waals surface area contributed by atoms with E-state index in [9.17, 15) is 4.79 Å². The molecule has 39 heavy (non-hydrogen) atoms. The summed E-state index contributed by atoms with van der Waals surface area (Å²) in [6, 6.07) is 18.8. The molecule has 1 aliphatic heterocycles. The third-order valence-electron chi connectivity index (χ3n) is 7.30. The van der Waals surface area contributed by atoms with Crippen LogP contribution in [0.1, 0.15) is 46.8 Å². The summed E-state index contributed by atoms with van der Waals surface area (Å²) < 4.78 is 22.9. The van der Waals surface area contributed by atoms with E-state index in [2.05, 4.69) is 22.0 Å². The van der Waals surface area contributed by atoms with Crippen LogP contribution < -0.4 is 18.9 Å². The highest BCUT2D eigenvalue weighted by Gasteiger charge is 2.44. The van der Waals surface area contributed by atoms with Crippen molar-refractivity contribution in [1.82, 2.24) is 5.01 Å². The fourth-order valence-corrected chi connectivity index (χ4v) is 5.67. The predicted molar refractivity (Wildman–Crippen MR) is 155 cm³/mol. The molecular weight excluding hydrogens is 560 g/mol. The Balaban J connectivity index is 1.59. The zero-order valence-electron chi connectivity index (χ0n) is 22.4. The van der Waals surface area contributed by atoms with Crippen molar-refractivity contribution in [2.24, 2.45) is 11.0 Å². The highest BCUT2D eigenvalue weighted by atomic mass is 79.9. The Labute approximate surface area is 237 Å². The third kappa shape index (κ3) is 5.26. The number of carbonyl (C=O) groups excluding carboxylic acids is 1. The van der Waals surface area contributed by atoms with E-state index in [1.165, 1.54) is 0 Å². The largest absolute Gasteiger partial charge is 0.493 e. The van der Waals surface area contributed by atoms with Crippen LogP contribution in [0.5, 0.6) is 23.0 Å². The maximum absolute atomic E-state index is 13.9. The van der Waals surface area contributed by atoms with E-state index in [1.54, 1.807) is 33.4 Å². The number of halogens is 1. The molecule has 3 aromatic rings. The molecule has 0 bridgehead atoms. The molecule has 0 N–H and O–H groups in total. The molecule has 2 aliphatic rings. The molecule has 0 aromatic heterocycles. The van der Waals surface area contributed by atoms with Gasteiger partial charge in [-0.15, -0.1) is 0 Å². The number of hydrogen-bond acceptors (Lipinski definition) is 6. The lowest BCUT2D eigenvalue weighted by atomic mass is 9.77. The first-order valence-corrected chi connectivity index (χ1v) is 13.6. The molecule has 0 spiro atoms. The Morgan fingerprint density at radius 2 is 1.51 bits per heavy atom. The van der Waals surface area contributed by atoms with Crippen molar-refractivity contribution >= 4 is 33.6 Å². The topological polar surface area (TPSA) is 69.6 Å². The number of amides is 1. The van der Waals surface area contributed by atoms with E-state index in [-0.39, 0.29) is 17.9 Å². The Bertz CT molecular complexity index is 1430. The first-order chi connectivity index (χ1) is 19.0. The third-order valence-corrected chi connectivity index (χ3v) is 7.83. The van der Waals surface area contributed by atoms with Crippen molar-refractivity contribution < 1.29 is 23.7 Å². The van der Waals surface area contributed by atoms with Gasteiger partial charge in [0.2, 0.25) is 0 Å². The molecule has 0 radical (unpaired) electrons. The summed E-state index contributed by atoms with van der Waals surface area (Å²) in [5.74, 6) is 2.51. The van der Waals surface area contributed by atoms with E-state index in [1.807, 2.05) is 60.7 Å². The second-order valence-corrected chi connectivity index (χ2v) is 10.4. The van der Waals surface area contributed by atoms with Gasteiger partial charge in [0.15, 0.2) is 23.0 Å². The van der Waals surface area contributed by atoms with Gasteiger partial charge in [0.1, 0.15) is 0 Å². The van der Waals surface area contributed by atoms with Crippen LogP contribution in [0.2, 0.25) is 0 Å². The lowest BCUT2D eigenvalue weighted by Crippen LogP contribution is -2.32. The Kier molecular flexibility index (Phi) is 7.93. The first-order valence-electron chi connectivity index (χ1n) is 12.8. The smallest absolute Gasteiger partial charge is 0.274 e. The molecule has 5 rings (SSSR count). The quantitative estimate of drug-likeness (QED) is 0.299. The summed E-state index contributed by atoms with van der Waals surface area (Å²) in [5, 5.41) is 6.66. The van der Waals surface area contributed by atoms with Crippen LogP contribution in [0.4, 0.5) is 0 Å². The Morgan fingerprint density at radius 3 is 2.18 bits per heavy atom. The van der Waals surface area contributed by atoms with E-state index in [0.717, 1.165) is 46.1 Å². The van der Waals surface area contributed by atoms with Crippen LogP contribution in [0.25, 0.3) is 6.08 Å². The van der Waals surface area contributed by atoms with Gasteiger partial charge in [-0.1, -0.05) is 28.1 Å². The highest BCUT2D eigenvalue weighted by molar-refractivity contribution is 9.10. The SMILES string of the molecule is COc1ccc(/C=C2\CCC[C@H]3C2=NN(C(=O)c2ccc(Br)cc2)[C@@H]3c2ccc(OC)c(OC)c2)cc1OC. The molecule has 3 aromatic carbocycles. The normalized spacial score (nSPS) is 19.4. The minimum absolute atomic E-state index is 0.0441. The fraction of sp³-hybridized carbons (Fsp3) is 0.290. The molecule has 1 aliphatic carbocycles. The minimum Gasteiger partial charge on any atom is -0.493 e. The molecule has 1 fully saturated rings. The number of methoxy groups -OCH3 is 4. The number of hydrazone groups is 1. The van der Waals surface area contributed by atoms with Crippen molar-refractivity contribution in [3.63, 3.8) is 0 Å². The van der Waals surface area contributed by atoms with Crippen LogP contribution in [0.15, 0.2) is 75.8 Å². The fourth-order valence-electron chi connectivity index (χ4n) is 5.41. The number of nitrogens with zero attached hydrogens (tertiary/aromatic N) is 2. The van der Waals surface area contributed by atoms with E-state index < -0.39 is 0 Å². The van der Waals surface area contributed by atoms with Gasteiger partial charge >= 0.3 is 0 Å². The monoisotopic (exact) mass is 590 g/mol. The number of allylic oxidation sites excluding steroid dienone is 1. The summed E-state index contributed by atoms with van der Waals surface area (Å²) >= 11 is 3.46. The molecule has 0 unspecified atom stereocenters. The predicted octanol–water partition coefficient (Wildman–Crippen LogP) is 6.92. The zero-order chi connectivity index (χ0) is 27.5. The van der Waals surface area contributed by atoms with Crippen molar-refractivity contribution in [3.05, 3.63) is 87.4 Å². The molecule has 7 nitrogen and oxygen atoms in total. The molecule has 1 heterocycles. The lowest BCUT2D eigenvalue weighted by molar-refractivity contribution is 0.0680. The number of fused-ring (bicyclic) bond motifs is 1. The van der Waals surface area contributed by atoms with Crippen LogP contribution in [-0.4, -0.2) is 45.1 Å². The van der Waals surface area contributed by atoms with Crippen LogP contribution in [0, 0.1) is 5.92 Å². The second kappa shape index (κ2) is 11.5. The summed E-state index contributed by atoms with van der Waals surface area (Å²) in [7, 11) is 6.49. The number of ether oxygens (including phenoxy) is 4. The van der Waals surface area contributed by atoms with E-state index >= 15 is 0 Å². The lowest BCUT2D eigenvalue weighted by Gasteiger charge is -2.30. The molecule has 8 heteroatoms. The average molecular weight is 592 g/mol. The molecule has 1 amide bonds. The van der Waals surface area contributed by atoms with Crippen molar-refractivity contribution in [2.45, 2.75) is 25.3 Å².